The van der Waals surface area contributed by atoms with Gasteiger partial charge in [0.05, 0.1) is 0 Å². The lowest BCUT2D eigenvalue weighted by Crippen LogP contribution is -1.85. The van der Waals surface area contributed by atoms with E-state index in [2.05, 4.69) is 47.1 Å². The summed E-state index contributed by atoms with van der Waals surface area (Å²) < 4.78 is 1.24. The third kappa shape index (κ3) is 4.52. The summed E-state index contributed by atoms with van der Waals surface area (Å²) in [6.45, 7) is 2.25. The minimum Gasteiger partial charge on any atom is -0.157 e. The average Bonchev–Trinajstić information content (AvgIpc) is 2.20. The highest BCUT2D eigenvalue weighted by molar-refractivity contribution is 9.10. The predicted octanol–water partition coefficient (Wildman–Crippen LogP) is 4.87. The van der Waals surface area contributed by atoms with Crippen LogP contribution in [0.15, 0.2) is 28.7 Å². The highest BCUT2D eigenvalue weighted by Crippen LogP contribution is 2.21. The SMILES string of the molecule is CCCCCSCc1ccccc1Br. The molecule has 1 rings (SSSR count). The summed E-state index contributed by atoms with van der Waals surface area (Å²) in [7, 11) is 0. The van der Waals surface area contributed by atoms with E-state index in [0.29, 0.717) is 0 Å². The van der Waals surface area contributed by atoms with Crippen molar-refractivity contribution in [3.8, 4) is 0 Å². The van der Waals surface area contributed by atoms with Crippen molar-refractivity contribution in [3.05, 3.63) is 34.3 Å². The van der Waals surface area contributed by atoms with Crippen LogP contribution in [0.2, 0.25) is 0 Å². The first-order valence-corrected chi connectivity index (χ1v) is 7.10. The number of thioether (sulfide) groups is 1. The number of hydrogen-bond acceptors (Lipinski definition) is 1. The van der Waals surface area contributed by atoms with Gasteiger partial charge in [-0.15, -0.1) is 0 Å². The Morgan fingerprint density at radius 1 is 1.21 bits per heavy atom. The van der Waals surface area contributed by atoms with E-state index in [-0.39, 0.29) is 0 Å². The lowest BCUT2D eigenvalue weighted by molar-refractivity contribution is 0.778. The van der Waals surface area contributed by atoms with Gasteiger partial charge in [-0.25, -0.2) is 0 Å². The van der Waals surface area contributed by atoms with Crippen molar-refractivity contribution in [2.24, 2.45) is 0 Å². The molecule has 1 aromatic rings. The average molecular weight is 273 g/mol. The Hall–Kier alpha value is 0.0500. The second-order valence-corrected chi connectivity index (χ2v) is 5.31. The molecular formula is C12H17BrS. The number of unbranched alkanes of at least 4 members (excludes halogenated alkanes) is 2. The van der Waals surface area contributed by atoms with Crippen molar-refractivity contribution in [2.45, 2.75) is 31.9 Å². The summed E-state index contributed by atoms with van der Waals surface area (Å²) in [6, 6.07) is 8.47. The molecule has 0 saturated carbocycles. The van der Waals surface area contributed by atoms with Crippen LogP contribution < -0.4 is 0 Å². The Balaban J connectivity index is 2.21. The van der Waals surface area contributed by atoms with Crippen LogP contribution in [-0.2, 0) is 5.75 Å². The molecule has 14 heavy (non-hydrogen) atoms. The topological polar surface area (TPSA) is 0 Å². The molecule has 0 aliphatic heterocycles. The molecule has 0 aromatic heterocycles. The highest BCUT2D eigenvalue weighted by Gasteiger charge is 1.97. The van der Waals surface area contributed by atoms with Crippen LogP contribution in [0.4, 0.5) is 0 Å². The van der Waals surface area contributed by atoms with Gasteiger partial charge in [0.1, 0.15) is 0 Å². The van der Waals surface area contributed by atoms with Crippen molar-refractivity contribution in [2.75, 3.05) is 5.75 Å². The van der Waals surface area contributed by atoms with E-state index in [9.17, 15) is 0 Å². The van der Waals surface area contributed by atoms with Crippen LogP contribution in [0, 0.1) is 0 Å². The van der Waals surface area contributed by atoms with Gasteiger partial charge in [0.25, 0.3) is 0 Å². The fraction of sp³-hybridized carbons (Fsp3) is 0.500. The minimum absolute atomic E-state index is 1.13. The molecule has 0 spiro atoms. The molecule has 0 N–H and O–H groups in total. The maximum Gasteiger partial charge on any atom is 0.0215 e. The van der Waals surface area contributed by atoms with Gasteiger partial charge in [-0.05, 0) is 23.8 Å². The lowest BCUT2D eigenvalue weighted by Gasteiger charge is -2.03. The van der Waals surface area contributed by atoms with E-state index in [1.807, 2.05) is 11.8 Å². The van der Waals surface area contributed by atoms with Gasteiger partial charge in [0, 0.05) is 10.2 Å². The molecule has 0 nitrogen and oxygen atoms in total. The monoisotopic (exact) mass is 272 g/mol. The zero-order valence-electron chi connectivity index (χ0n) is 8.63. The summed E-state index contributed by atoms with van der Waals surface area (Å²) in [5.74, 6) is 2.42. The zero-order chi connectivity index (χ0) is 10.2. The molecule has 2 heteroatoms. The number of benzene rings is 1. The van der Waals surface area contributed by atoms with E-state index in [4.69, 9.17) is 0 Å². The standard InChI is InChI=1S/C12H17BrS/c1-2-3-6-9-14-10-11-7-4-5-8-12(11)13/h4-5,7-8H,2-3,6,9-10H2,1H3. The molecule has 0 fully saturated rings. The molecule has 0 saturated heterocycles. The van der Waals surface area contributed by atoms with Crippen LogP contribution in [0.1, 0.15) is 31.7 Å². The third-order valence-corrected chi connectivity index (χ3v) is 3.97. The first-order chi connectivity index (χ1) is 6.84. The van der Waals surface area contributed by atoms with Crippen LogP contribution in [0.5, 0.6) is 0 Å². The molecule has 0 amide bonds. The summed E-state index contributed by atoms with van der Waals surface area (Å²) >= 11 is 5.60. The maximum absolute atomic E-state index is 3.57. The van der Waals surface area contributed by atoms with E-state index in [1.165, 1.54) is 35.1 Å². The highest BCUT2D eigenvalue weighted by atomic mass is 79.9. The Bertz CT molecular complexity index is 260. The zero-order valence-corrected chi connectivity index (χ0v) is 11.0. The fourth-order valence-electron chi connectivity index (χ4n) is 1.25. The number of hydrogen-bond donors (Lipinski definition) is 0. The van der Waals surface area contributed by atoms with Crippen molar-refractivity contribution < 1.29 is 0 Å². The second-order valence-electron chi connectivity index (χ2n) is 3.35. The van der Waals surface area contributed by atoms with E-state index in [0.717, 1.165) is 5.75 Å². The normalized spacial score (nSPS) is 10.4. The molecule has 0 unspecified atom stereocenters. The smallest absolute Gasteiger partial charge is 0.0215 e. The molecule has 0 aliphatic rings. The molecule has 0 radical (unpaired) electrons. The molecule has 0 bridgehead atoms. The van der Waals surface area contributed by atoms with Crippen molar-refractivity contribution in [1.29, 1.82) is 0 Å². The fourth-order valence-corrected chi connectivity index (χ4v) is 2.89. The van der Waals surface area contributed by atoms with E-state index >= 15 is 0 Å². The third-order valence-electron chi connectivity index (χ3n) is 2.11. The summed E-state index contributed by atoms with van der Waals surface area (Å²) in [4.78, 5) is 0. The van der Waals surface area contributed by atoms with Crippen LogP contribution >= 0.6 is 27.7 Å². The Morgan fingerprint density at radius 3 is 2.71 bits per heavy atom. The quantitative estimate of drug-likeness (QED) is 0.666. The lowest BCUT2D eigenvalue weighted by atomic mass is 10.2. The number of rotatable bonds is 6. The van der Waals surface area contributed by atoms with E-state index < -0.39 is 0 Å². The van der Waals surface area contributed by atoms with Gasteiger partial charge >= 0.3 is 0 Å². The van der Waals surface area contributed by atoms with Gasteiger partial charge in [-0.3, -0.25) is 0 Å². The molecular weight excluding hydrogens is 256 g/mol. The number of halogens is 1. The predicted molar refractivity (Wildman–Crippen MR) is 69.8 cm³/mol. The van der Waals surface area contributed by atoms with Gasteiger partial charge in [0.2, 0.25) is 0 Å². The van der Waals surface area contributed by atoms with Gasteiger partial charge in [-0.2, -0.15) is 11.8 Å². The summed E-state index contributed by atoms with van der Waals surface area (Å²) in [6.07, 6.45) is 4.03. The van der Waals surface area contributed by atoms with Gasteiger partial charge < -0.3 is 0 Å². The van der Waals surface area contributed by atoms with Crippen LogP contribution in [0.3, 0.4) is 0 Å². The molecule has 0 atom stereocenters. The molecule has 0 aliphatic carbocycles. The Labute approximate surface area is 99.6 Å². The second kappa shape index (κ2) is 7.36. The Morgan fingerprint density at radius 2 is 2.00 bits per heavy atom. The minimum atomic E-state index is 1.13. The van der Waals surface area contributed by atoms with Crippen molar-refractivity contribution in [1.82, 2.24) is 0 Å². The van der Waals surface area contributed by atoms with Crippen molar-refractivity contribution in [3.63, 3.8) is 0 Å². The first kappa shape index (κ1) is 12.1. The van der Waals surface area contributed by atoms with Crippen LogP contribution in [0.25, 0.3) is 0 Å². The van der Waals surface area contributed by atoms with Gasteiger partial charge in [-0.1, -0.05) is 53.9 Å². The van der Waals surface area contributed by atoms with E-state index in [1.54, 1.807) is 0 Å². The molecule has 0 heterocycles. The molecule has 1 aromatic carbocycles. The summed E-state index contributed by atoms with van der Waals surface area (Å²) in [5, 5.41) is 0. The van der Waals surface area contributed by atoms with Crippen LogP contribution in [-0.4, -0.2) is 5.75 Å². The largest absolute Gasteiger partial charge is 0.157 e. The summed E-state index contributed by atoms with van der Waals surface area (Å²) in [5.41, 5.74) is 1.41. The maximum atomic E-state index is 3.57. The Kier molecular flexibility index (Phi) is 6.37. The van der Waals surface area contributed by atoms with Gasteiger partial charge in [0.15, 0.2) is 0 Å². The van der Waals surface area contributed by atoms with Crippen molar-refractivity contribution >= 4 is 27.7 Å². The first-order valence-electron chi connectivity index (χ1n) is 5.15. The molecule has 78 valence electrons.